The van der Waals surface area contributed by atoms with Crippen LogP contribution in [-0.2, 0) is 11.3 Å². The van der Waals surface area contributed by atoms with Crippen molar-refractivity contribution in [2.75, 3.05) is 20.1 Å². The van der Waals surface area contributed by atoms with Crippen LogP contribution in [0.1, 0.15) is 18.4 Å². The monoisotopic (exact) mass is 360 g/mol. The van der Waals surface area contributed by atoms with Gasteiger partial charge in [-0.25, -0.2) is 4.79 Å². The highest BCUT2D eigenvalue weighted by molar-refractivity contribution is 9.11. The van der Waals surface area contributed by atoms with E-state index in [9.17, 15) is 9.59 Å². The van der Waals surface area contributed by atoms with Crippen molar-refractivity contribution in [1.29, 1.82) is 0 Å². The molecule has 1 aliphatic rings. The number of thiophene rings is 1. The maximum absolute atomic E-state index is 12.3. The molecule has 1 saturated heterocycles. The molecule has 0 unspecified atom stereocenters. The number of nitrogens with zero attached hydrogens (tertiary/aromatic N) is 2. The molecule has 20 heavy (non-hydrogen) atoms. The smallest absolute Gasteiger partial charge is 0.320 e. The summed E-state index contributed by atoms with van der Waals surface area (Å²) in [6.45, 7) is 1.49. The van der Waals surface area contributed by atoms with E-state index in [0.717, 1.165) is 15.8 Å². The van der Waals surface area contributed by atoms with Crippen molar-refractivity contribution >= 4 is 39.3 Å². The van der Waals surface area contributed by atoms with Gasteiger partial charge in [0.05, 0.1) is 9.70 Å². The van der Waals surface area contributed by atoms with Crippen molar-refractivity contribution in [3.63, 3.8) is 0 Å². The molecule has 1 aliphatic heterocycles. The SMILES string of the molecule is CN(Cc1csc(Br)c1)C(=O)N1CCC[C@H](C(=O)O)C1. The third-order valence-electron chi connectivity index (χ3n) is 3.41. The third-order valence-corrected chi connectivity index (χ3v) is 4.96. The Balaban J connectivity index is 1.94. The van der Waals surface area contributed by atoms with Crippen LogP contribution in [0.25, 0.3) is 0 Å². The van der Waals surface area contributed by atoms with E-state index in [1.807, 2.05) is 11.4 Å². The molecular formula is C13H17BrN2O3S. The second kappa shape index (κ2) is 6.58. The quantitative estimate of drug-likeness (QED) is 0.901. The fraction of sp³-hybridized carbons (Fsp3) is 0.538. The molecule has 0 bridgehead atoms. The van der Waals surface area contributed by atoms with E-state index in [4.69, 9.17) is 5.11 Å². The van der Waals surface area contributed by atoms with Gasteiger partial charge in [0.2, 0.25) is 0 Å². The summed E-state index contributed by atoms with van der Waals surface area (Å²) in [4.78, 5) is 26.6. The minimum Gasteiger partial charge on any atom is -0.481 e. The number of piperidine rings is 1. The van der Waals surface area contributed by atoms with Crippen molar-refractivity contribution in [1.82, 2.24) is 9.80 Å². The number of carboxylic acids is 1. The summed E-state index contributed by atoms with van der Waals surface area (Å²) in [5.74, 6) is -1.25. The minimum absolute atomic E-state index is 0.0988. The minimum atomic E-state index is -0.813. The van der Waals surface area contributed by atoms with Crippen molar-refractivity contribution in [2.24, 2.45) is 5.92 Å². The molecule has 1 aromatic heterocycles. The number of hydrogen-bond acceptors (Lipinski definition) is 3. The molecule has 2 heterocycles. The molecule has 0 aliphatic carbocycles. The standard InChI is InChI=1S/C13H17BrN2O3S/c1-15(6-9-5-11(14)20-8-9)13(19)16-4-2-3-10(7-16)12(17)18/h5,8,10H,2-4,6-7H2,1H3,(H,17,18)/t10-/m0/s1. The van der Waals surface area contributed by atoms with E-state index < -0.39 is 11.9 Å². The predicted octanol–water partition coefficient (Wildman–Crippen LogP) is 2.86. The van der Waals surface area contributed by atoms with E-state index in [-0.39, 0.29) is 6.03 Å². The molecule has 1 aromatic rings. The Kier molecular flexibility index (Phi) is 5.04. The number of aliphatic carboxylic acids is 1. The molecule has 2 amide bonds. The van der Waals surface area contributed by atoms with Crippen molar-refractivity contribution < 1.29 is 14.7 Å². The number of rotatable bonds is 3. The number of amides is 2. The van der Waals surface area contributed by atoms with Crippen LogP contribution >= 0.6 is 27.3 Å². The lowest BCUT2D eigenvalue weighted by Gasteiger charge is -2.33. The first-order chi connectivity index (χ1) is 9.47. The summed E-state index contributed by atoms with van der Waals surface area (Å²) in [6, 6.07) is 1.89. The highest BCUT2D eigenvalue weighted by Crippen LogP contribution is 2.22. The fourth-order valence-corrected chi connectivity index (χ4v) is 3.56. The Hall–Kier alpha value is -1.08. The van der Waals surface area contributed by atoms with Crippen molar-refractivity contribution in [3.8, 4) is 0 Å². The largest absolute Gasteiger partial charge is 0.481 e. The first kappa shape index (κ1) is 15.3. The predicted molar refractivity (Wildman–Crippen MR) is 80.8 cm³/mol. The van der Waals surface area contributed by atoms with Crippen LogP contribution in [0.2, 0.25) is 0 Å². The second-order valence-electron chi connectivity index (χ2n) is 5.02. The summed E-state index contributed by atoms with van der Waals surface area (Å²) in [7, 11) is 1.75. The average Bonchev–Trinajstić information content (AvgIpc) is 2.83. The van der Waals surface area contributed by atoms with Gasteiger partial charge in [0.15, 0.2) is 0 Å². The maximum atomic E-state index is 12.3. The number of halogens is 1. The number of urea groups is 1. The molecule has 7 heteroatoms. The van der Waals surface area contributed by atoms with Crippen LogP contribution in [0.15, 0.2) is 15.2 Å². The van der Waals surface area contributed by atoms with Gasteiger partial charge in [-0.3, -0.25) is 4.79 Å². The Morgan fingerprint density at radius 1 is 1.60 bits per heavy atom. The van der Waals surface area contributed by atoms with Gasteiger partial charge in [-0.15, -0.1) is 11.3 Å². The van der Waals surface area contributed by atoms with Crippen LogP contribution in [0.4, 0.5) is 4.79 Å². The zero-order valence-corrected chi connectivity index (χ0v) is 13.6. The van der Waals surface area contributed by atoms with Gasteiger partial charge >= 0.3 is 12.0 Å². The van der Waals surface area contributed by atoms with Crippen LogP contribution in [0.3, 0.4) is 0 Å². The molecule has 1 fully saturated rings. The highest BCUT2D eigenvalue weighted by atomic mass is 79.9. The van der Waals surface area contributed by atoms with Crippen LogP contribution < -0.4 is 0 Å². The highest BCUT2D eigenvalue weighted by Gasteiger charge is 2.29. The lowest BCUT2D eigenvalue weighted by Crippen LogP contribution is -2.47. The molecule has 110 valence electrons. The maximum Gasteiger partial charge on any atom is 0.320 e. The number of hydrogen-bond donors (Lipinski definition) is 1. The molecule has 2 rings (SSSR count). The zero-order valence-electron chi connectivity index (χ0n) is 11.2. The molecule has 0 radical (unpaired) electrons. The molecule has 0 saturated carbocycles. The Bertz CT molecular complexity index is 506. The van der Waals surface area contributed by atoms with Crippen LogP contribution in [0.5, 0.6) is 0 Å². The number of likely N-dealkylation sites (tertiary alicyclic amines) is 1. The first-order valence-corrected chi connectivity index (χ1v) is 8.10. The summed E-state index contributed by atoms with van der Waals surface area (Å²) in [5, 5.41) is 11.1. The van der Waals surface area contributed by atoms with Gasteiger partial charge < -0.3 is 14.9 Å². The number of carboxylic acid groups (broad SMARTS) is 1. The lowest BCUT2D eigenvalue weighted by atomic mass is 9.99. The van der Waals surface area contributed by atoms with Crippen molar-refractivity contribution in [3.05, 3.63) is 20.8 Å². The molecule has 0 spiro atoms. The topological polar surface area (TPSA) is 60.9 Å². The fourth-order valence-electron chi connectivity index (χ4n) is 2.36. The second-order valence-corrected chi connectivity index (χ2v) is 7.31. The Morgan fingerprint density at radius 3 is 2.95 bits per heavy atom. The van der Waals surface area contributed by atoms with Crippen LogP contribution in [-0.4, -0.2) is 47.0 Å². The Morgan fingerprint density at radius 2 is 2.35 bits per heavy atom. The van der Waals surface area contributed by atoms with Gasteiger partial charge in [0.1, 0.15) is 0 Å². The van der Waals surface area contributed by atoms with E-state index in [1.165, 1.54) is 0 Å². The molecular weight excluding hydrogens is 344 g/mol. The Labute approximate surface area is 130 Å². The summed E-state index contributed by atoms with van der Waals surface area (Å²) >= 11 is 4.98. The van der Waals surface area contributed by atoms with E-state index in [0.29, 0.717) is 26.1 Å². The van der Waals surface area contributed by atoms with Gasteiger partial charge in [-0.2, -0.15) is 0 Å². The van der Waals surface area contributed by atoms with Gasteiger partial charge in [0.25, 0.3) is 0 Å². The van der Waals surface area contributed by atoms with Gasteiger partial charge in [-0.05, 0) is 45.8 Å². The summed E-state index contributed by atoms with van der Waals surface area (Å²) in [5.41, 5.74) is 1.07. The first-order valence-electron chi connectivity index (χ1n) is 6.43. The summed E-state index contributed by atoms with van der Waals surface area (Å²) < 4.78 is 1.04. The van der Waals surface area contributed by atoms with Crippen molar-refractivity contribution in [2.45, 2.75) is 19.4 Å². The molecule has 1 atom stereocenters. The average molecular weight is 361 g/mol. The van der Waals surface area contributed by atoms with E-state index in [2.05, 4.69) is 15.9 Å². The van der Waals surface area contributed by atoms with Crippen LogP contribution in [0, 0.1) is 5.92 Å². The van der Waals surface area contributed by atoms with Gasteiger partial charge in [-0.1, -0.05) is 0 Å². The lowest BCUT2D eigenvalue weighted by molar-refractivity contribution is -0.143. The molecule has 1 N–H and O–H groups in total. The molecule has 5 nitrogen and oxygen atoms in total. The van der Waals surface area contributed by atoms with E-state index >= 15 is 0 Å². The van der Waals surface area contributed by atoms with Gasteiger partial charge in [0, 0.05) is 26.7 Å². The molecule has 0 aromatic carbocycles. The zero-order chi connectivity index (χ0) is 14.7. The number of carbonyl (C=O) groups is 2. The summed E-state index contributed by atoms with van der Waals surface area (Å²) in [6.07, 6.45) is 1.40. The number of carbonyl (C=O) groups excluding carboxylic acids is 1. The normalized spacial score (nSPS) is 18.9. The van der Waals surface area contributed by atoms with E-state index in [1.54, 1.807) is 28.2 Å². The third kappa shape index (κ3) is 3.73.